The van der Waals surface area contributed by atoms with Gasteiger partial charge in [0.1, 0.15) is 11.6 Å². The zero-order valence-electron chi connectivity index (χ0n) is 11.4. The van der Waals surface area contributed by atoms with Crippen LogP contribution in [0, 0.1) is 6.92 Å². The van der Waals surface area contributed by atoms with Gasteiger partial charge in [-0.3, -0.25) is 0 Å². The molecule has 3 rings (SSSR count). The third-order valence-corrected chi connectivity index (χ3v) is 3.75. The van der Waals surface area contributed by atoms with Crippen LogP contribution in [0.25, 0.3) is 11.0 Å². The molecule has 2 aromatic carbocycles. The fourth-order valence-electron chi connectivity index (χ4n) is 2.36. The van der Waals surface area contributed by atoms with E-state index in [0.29, 0.717) is 0 Å². The second-order valence-corrected chi connectivity index (χ2v) is 5.75. The van der Waals surface area contributed by atoms with Crippen molar-refractivity contribution in [1.29, 1.82) is 0 Å². The molecule has 3 nitrogen and oxygen atoms in total. The van der Waals surface area contributed by atoms with Gasteiger partial charge in [0, 0.05) is 10.9 Å². The summed E-state index contributed by atoms with van der Waals surface area (Å²) in [5.74, 6) is 1.84. The molecule has 4 heteroatoms. The van der Waals surface area contributed by atoms with E-state index in [1.54, 1.807) is 7.11 Å². The van der Waals surface area contributed by atoms with Crippen LogP contribution in [-0.4, -0.2) is 17.1 Å². The van der Waals surface area contributed by atoms with Crippen molar-refractivity contribution >= 4 is 27.0 Å². The largest absolute Gasteiger partial charge is 0.497 e. The Morgan fingerprint density at radius 2 is 2.10 bits per heavy atom. The molecule has 0 bridgehead atoms. The third-order valence-electron chi connectivity index (χ3n) is 3.30. The van der Waals surface area contributed by atoms with Crippen LogP contribution in [0.1, 0.15) is 17.0 Å². The van der Waals surface area contributed by atoms with E-state index in [1.165, 1.54) is 11.1 Å². The smallest absolute Gasteiger partial charge is 0.119 e. The second kappa shape index (κ2) is 5.29. The molecule has 0 fully saturated rings. The minimum Gasteiger partial charge on any atom is -0.497 e. The molecule has 0 aliphatic carbocycles. The molecule has 0 amide bonds. The summed E-state index contributed by atoms with van der Waals surface area (Å²) in [6, 6.07) is 12.2. The molecule has 20 heavy (non-hydrogen) atoms. The van der Waals surface area contributed by atoms with Crippen molar-refractivity contribution in [2.45, 2.75) is 13.3 Å². The lowest BCUT2D eigenvalue weighted by Crippen LogP contribution is -1.91. The summed E-state index contributed by atoms with van der Waals surface area (Å²) in [6.07, 6.45) is 0.767. The topological polar surface area (TPSA) is 37.9 Å². The second-order valence-electron chi connectivity index (χ2n) is 4.83. The number of nitrogens with one attached hydrogen (secondary N) is 1. The predicted molar refractivity (Wildman–Crippen MR) is 84.3 cm³/mol. The lowest BCUT2D eigenvalue weighted by Gasteiger charge is -2.02. The van der Waals surface area contributed by atoms with Gasteiger partial charge in [-0.2, -0.15) is 0 Å². The van der Waals surface area contributed by atoms with Gasteiger partial charge in [-0.25, -0.2) is 4.98 Å². The Labute approximate surface area is 126 Å². The molecule has 1 N–H and O–H groups in total. The van der Waals surface area contributed by atoms with E-state index in [0.717, 1.165) is 33.5 Å². The number of aromatic amines is 1. The highest BCUT2D eigenvalue weighted by Crippen LogP contribution is 2.23. The summed E-state index contributed by atoms with van der Waals surface area (Å²) in [6.45, 7) is 2.07. The number of methoxy groups -OCH3 is 1. The van der Waals surface area contributed by atoms with Gasteiger partial charge in [0.05, 0.1) is 18.1 Å². The van der Waals surface area contributed by atoms with Gasteiger partial charge in [-0.1, -0.05) is 28.1 Å². The van der Waals surface area contributed by atoms with Crippen molar-refractivity contribution in [3.05, 3.63) is 57.8 Å². The van der Waals surface area contributed by atoms with E-state index < -0.39 is 0 Å². The van der Waals surface area contributed by atoms with Crippen molar-refractivity contribution in [1.82, 2.24) is 9.97 Å². The molecule has 0 saturated heterocycles. The van der Waals surface area contributed by atoms with Crippen molar-refractivity contribution in [2.24, 2.45) is 0 Å². The number of nitrogens with zero attached hydrogens (tertiary/aromatic N) is 1. The standard InChI is InChI=1S/C16H15BrN2O/c1-10-6-12(17)9-14-16(10)19-15(18-14)8-11-4-3-5-13(7-11)20-2/h3-7,9H,8H2,1-2H3,(H,18,19). The summed E-state index contributed by atoms with van der Waals surface area (Å²) in [7, 11) is 1.68. The Hall–Kier alpha value is -1.81. The zero-order chi connectivity index (χ0) is 14.1. The molecule has 0 aliphatic heterocycles. The Morgan fingerprint density at radius 1 is 1.25 bits per heavy atom. The lowest BCUT2D eigenvalue weighted by atomic mass is 10.1. The molecule has 0 radical (unpaired) electrons. The SMILES string of the molecule is COc1cccc(Cc2nc3c(C)cc(Br)cc3[nH]2)c1. The fraction of sp³-hybridized carbons (Fsp3) is 0.188. The summed E-state index contributed by atoms with van der Waals surface area (Å²) in [4.78, 5) is 8.07. The van der Waals surface area contributed by atoms with Crippen LogP contribution >= 0.6 is 15.9 Å². The maximum atomic E-state index is 5.25. The van der Waals surface area contributed by atoms with Gasteiger partial charge in [-0.05, 0) is 42.3 Å². The molecule has 0 spiro atoms. The Bertz CT molecular complexity index is 764. The van der Waals surface area contributed by atoms with Crippen molar-refractivity contribution in [3.63, 3.8) is 0 Å². The van der Waals surface area contributed by atoms with Crippen LogP contribution in [0.3, 0.4) is 0 Å². The normalized spacial score (nSPS) is 10.9. The highest BCUT2D eigenvalue weighted by molar-refractivity contribution is 9.10. The quantitative estimate of drug-likeness (QED) is 0.780. The summed E-state index contributed by atoms with van der Waals surface area (Å²) >= 11 is 3.51. The molecule has 1 heterocycles. The number of imidazole rings is 1. The number of H-pyrrole nitrogens is 1. The minimum absolute atomic E-state index is 0.767. The summed E-state index contributed by atoms with van der Waals surface area (Å²) in [5, 5.41) is 0. The number of aromatic nitrogens is 2. The average Bonchev–Trinajstić information content (AvgIpc) is 2.81. The lowest BCUT2D eigenvalue weighted by molar-refractivity contribution is 0.414. The van der Waals surface area contributed by atoms with Gasteiger partial charge in [0.25, 0.3) is 0 Å². The van der Waals surface area contributed by atoms with Crippen molar-refractivity contribution in [3.8, 4) is 5.75 Å². The first-order valence-corrected chi connectivity index (χ1v) is 7.22. The predicted octanol–water partition coefficient (Wildman–Crippen LogP) is 4.23. The molecule has 102 valence electrons. The fourth-order valence-corrected chi connectivity index (χ4v) is 2.93. The number of fused-ring (bicyclic) bond motifs is 1. The molecular formula is C16H15BrN2O. The Kier molecular flexibility index (Phi) is 3.49. The van der Waals surface area contributed by atoms with Gasteiger partial charge in [0.15, 0.2) is 0 Å². The summed E-state index contributed by atoms with van der Waals surface area (Å²) < 4.78 is 6.32. The molecule has 3 aromatic rings. The highest BCUT2D eigenvalue weighted by Gasteiger charge is 2.07. The Balaban J connectivity index is 1.96. The van der Waals surface area contributed by atoms with E-state index >= 15 is 0 Å². The van der Waals surface area contributed by atoms with Crippen LogP contribution in [-0.2, 0) is 6.42 Å². The molecular weight excluding hydrogens is 316 g/mol. The van der Waals surface area contributed by atoms with E-state index in [1.807, 2.05) is 18.2 Å². The molecule has 0 saturated carbocycles. The van der Waals surface area contributed by atoms with Gasteiger partial charge in [0.2, 0.25) is 0 Å². The zero-order valence-corrected chi connectivity index (χ0v) is 13.0. The van der Waals surface area contributed by atoms with Crippen LogP contribution in [0.15, 0.2) is 40.9 Å². The first-order valence-electron chi connectivity index (χ1n) is 6.43. The van der Waals surface area contributed by atoms with E-state index in [2.05, 4.69) is 51.0 Å². The highest BCUT2D eigenvalue weighted by atomic mass is 79.9. The van der Waals surface area contributed by atoms with Crippen LogP contribution < -0.4 is 4.74 Å². The molecule has 0 atom stereocenters. The summed E-state index contributed by atoms with van der Waals surface area (Å²) in [5.41, 5.74) is 4.45. The average molecular weight is 331 g/mol. The van der Waals surface area contributed by atoms with Crippen LogP contribution in [0.4, 0.5) is 0 Å². The molecule has 1 aromatic heterocycles. The first kappa shape index (κ1) is 13.2. The van der Waals surface area contributed by atoms with Crippen LogP contribution in [0.5, 0.6) is 5.75 Å². The van der Waals surface area contributed by atoms with Gasteiger partial charge < -0.3 is 9.72 Å². The van der Waals surface area contributed by atoms with Gasteiger partial charge in [-0.15, -0.1) is 0 Å². The number of hydrogen-bond acceptors (Lipinski definition) is 2. The number of ether oxygens (including phenoxy) is 1. The minimum atomic E-state index is 0.767. The Morgan fingerprint density at radius 3 is 2.90 bits per heavy atom. The monoisotopic (exact) mass is 330 g/mol. The molecule has 0 unspecified atom stereocenters. The maximum absolute atomic E-state index is 5.25. The number of hydrogen-bond donors (Lipinski definition) is 1. The van der Waals surface area contributed by atoms with Crippen LogP contribution in [0.2, 0.25) is 0 Å². The number of rotatable bonds is 3. The number of benzene rings is 2. The van der Waals surface area contributed by atoms with E-state index in [9.17, 15) is 0 Å². The van der Waals surface area contributed by atoms with E-state index in [-0.39, 0.29) is 0 Å². The first-order chi connectivity index (χ1) is 9.65. The number of aryl methyl sites for hydroxylation is 1. The van der Waals surface area contributed by atoms with Gasteiger partial charge >= 0.3 is 0 Å². The molecule has 0 aliphatic rings. The van der Waals surface area contributed by atoms with E-state index in [4.69, 9.17) is 4.74 Å². The van der Waals surface area contributed by atoms with Crippen molar-refractivity contribution in [2.75, 3.05) is 7.11 Å². The van der Waals surface area contributed by atoms with Crippen molar-refractivity contribution < 1.29 is 4.74 Å². The third kappa shape index (κ3) is 2.56. The maximum Gasteiger partial charge on any atom is 0.119 e. The number of halogens is 1.